The van der Waals surface area contributed by atoms with Crippen LogP contribution in [0.25, 0.3) is 0 Å². The van der Waals surface area contributed by atoms with Gasteiger partial charge in [-0.3, -0.25) is 4.79 Å². The number of aryl methyl sites for hydroxylation is 1. The highest BCUT2D eigenvalue weighted by molar-refractivity contribution is 5.78. The van der Waals surface area contributed by atoms with Crippen LogP contribution in [0.2, 0.25) is 0 Å². The molecule has 0 aliphatic carbocycles. The molecule has 4 nitrogen and oxygen atoms in total. The monoisotopic (exact) mass is 275 g/mol. The Bertz CT molecular complexity index is 436. The number of rotatable bonds is 4. The first-order valence-electron chi connectivity index (χ1n) is 7.32. The lowest BCUT2D eigenvalue weighted by Gasteiger charge is -2.32. The van der Waals surface area contributed by atoms with Gasteiger partial charge in [-0.1, -0.05) is 29.8 Å². The van der Waals surface area contributed by atoms with Gasteiger partial charge < -0.3 is 15.1 Å². The predicted octanol–water partition coefficient (Wildman–Crippen LogP) is 1.42. The van der Waals surface area contributed by atoms with E-state index in [0.29, 0.717) is 6.54 Å². The van der Waals surface area contributed by atoms with Crippen molar-refractivity contribution in [2.24, 2.45) is 0 Å². The average molecular weight is 275 g/mol. The fraction of sp³-hybridized carbons (Fsp3) is 0.562. The van der Waals surface area contributed by atoms with E-state index < -0.39 is 0 Å². The second kappa shape index (κ2) is 6.86. The number of piperazine rings is 1. The van der Waals surface area contributed by atoms with Crippen LogP contribution in [-0.4, -0.2) is 55.5 Å². The SMILES string of the molecule is Cc1ccc([C@H](C)NCC(=O)N2CCN(C)CC2)cc1. The van der Waals surface area contributed by atoms with Gasteiger partial charge in [-0.15, -0.1) is 0 Å². The number of nitrogens with one attached hydrogen (secondary N) is 1. The summed E-state index contributed by atoms with van der Waals surface area (Å²) in [7, 11) is 2.10. The summed E-state index contributed by atoms with van der Waals surface area (Å²) in [6.07, 6.45) is 0. The van der Waals surface area contributed by atoms with Gasteiger partial charge in [0, 0.05) is 32.2 Å². The highest BCUT2D eigenvalue weighted by atomic mass is 16.2. The summed E-state index contributed by atoms with van der Waals surface area (Å²) in [5, 5.41) is 3.32. The Morgan fingerprint density at radius 3 is 2.40 bits per heavy atom. The molecule has 1 aromatic rings. The molecule has 1 atom stereocenters. The molecule has 1 saturated heterocycles. The number of carbonyl (C=O) groups is 1. The first kappa shape index (κ1) is 15.0. The minimum absolute atomic E-state index is 0.201. The largest absolute Gasteiger partial charge is 0.339 e. The molecule has 110 valence electrons. The zero-order valence-electron chi connectivity index (χ0n) is 12.7. The second-order valence-electron chi connectivity index (χ2n) is 5.70. The third-order valence-electron chi connectivity index (χ3n) is 3.99. The summed E-state index contributed by atoms with van der Waals surface area (Å²) < 4.78 is 0. The van der Waals surface area contributed by atoms with Gasteiger partial charge in [0.15, 0.2) is 0 Å². The van der Waals surface area contributed by atoms with Crippen molar-refractivity contribution in [3.63, 3.8) is 0 Å². The molecule has 0 saturated carbocycles. The van der Waals surface area contributed by atoms with Gasteiger partial charge in [-0.05, 0) is 26.5 Å². The van der Waals surface area contributed by atoms with Crippen molar-refractivity contribution in [3.05, 3.63) is 35.4 Å². The first-order valence-corrected chi connectivity index (χ1v) is 7.32. The molecule has 0 radical (unpaired) electrons. The molecule has 2 rings (SSSR count). The van der Waals surface area contributed by atoms with Crippen molar-refractivity contribution >= 4 is 5.91 Å². The number of hydrogen-bond donors (Lipinski definition) is 1. The molecule has 1 fully saturated rings. The van der Waals surface area contributed by atoms with Crippen molar-refractivity contribution in [2.75, 3.05) is 39.8 Å². The van der Waals surface area contributed by atoms with E-state index in [1.54, 1.807) is 0 Å². The summed E-state index contributed by atoms with van der Waals surface area (Å²) >= 11 is 0. The molecule has 1 aromatic carbocycles. The maximum absolute atomic E-state index is 12.1. The van der Waals surface area contributed by atoms with Crippen LogP contribution in [0.5, 0.6) is 0 Å². The summed E-state index contributed by atoms with van der Waals surface area (Å²) in [5.41, 5.74) is 2.48. The van der Waals surface area contributed by atoms with Gasteiger partial charge in [0.1, 0.15) is 0 Å². The number of carbonyl (C=O) groups excluding carboxylic acids is 1. The third-order valence-corrected chi connectivity index (χ3v) is 3.99. The Morgan fingerprint density at radius 2 is 1.80 bits per heavy atom. The maximum Gasteiger partial charge on any atom is 0.236 e. The van der Waals surface area contributed by atoms with Crippen molar-refractivity contribution in [1.29, 1.82) is 0 Å². The second-order valence-corrected chi connectivity index (χ2v) is 5.70. The van der Waals surface area contributed by atoms with E-state index >= 15 is 0 Å². The molecule has 1 amide bonds. The first-order chi connectivity index (χ1) is 9.56. The molecule has 1 aliphatic rings. The van der Waals surface area contributed by atoms with Crippen LogP contribution in [0.1, 0.15) is 24.1 Å². The molecule has 1 N–H and O–H groups in total. The molecule has 4 heteroatoms. The van der Waals surface area contributed by atoms with Crippen LogP contribution >= 0.6 is 0 Å². The molecule has 0 aromatic heterocycles. The van der Waals surface area contributed by atoms with Crippen molar-refractivity contribution < 1.29 is 4.79 Å². The van der Waals surface area contributed by atoms with Crippen molar-refractivity contribution in [3.8, 4) is 0 Å². The highest BCUT2D eigenvalue weighted by Crippen LogP contribution is 2.12. The molecule has 0 spiro atoms. The Morgan fingerprint density at radius 1 is 1.20 bits per heavy atom. The molecule has 0 bridgehead atoms. The Labute approximate surface area is 121 Å². The van der Waals surface area contributed by atoms with Crippen LogP contribution in [-0.2, 0) is 4.79 Å². The summed E-state index contributed by atoms with van der Waals surface area (Å²) in [5.74, 6) is 0.206. The van der Waals surface area contributed by atoms with Crippen LogP contribution < -0.4 is 5.32 Å². The van der Waals surface area contributed by atoms with E-state index in [2.05, 4.69) is 55.4 Å². The average Bonchev–Trinajstić information content (AvgIpc) is 2.46. The minimum Gasteiger partial charge on any atom is -0.339 e. The number of likely N-dealkylation sites (N-methyl/N-ethyl adjacent to an activating group) is 1. The Hall–Kier alpha value is -1.39. The normalized spacial score (nSPS) is 18.1. The lowest BCUT2D eigenvalue weighted by molar-refractivity contribution is -0.131. The van der Waals surface area contributed by atoms with E-state index in [1.165, 1.54) is 11.1 Å². The van der Waals surface area contributed by atoms with Gasteiger partial charge in [-0.2, -0.15) is 0 Å². The number of benzene rings is 1. The van der Waals surface area contributed by atoms with Gasteiger partial charge in [0.2, 0.25) is 5.91 Å². The lowest BCUT2D eigenvalue weighted by atomic mass is 10.1. The molecule has 1 aliphatic heterocycles. The van der Waals surface area contributed by atoms with Crippen LogP contribution in [0.4, 0.5) is 0 Å². The summed E-state index contributed by atoms with van der Waals surface area (Å²) in [4.78, 5) is 16.3. The van der Waals surface area contributed by atoms with Gasteiger partial charge in [-0.25, -0.2) is 0 Å². The zero-order valence-corrected chi connectivity index (χ0v) is 12.7. The van der Waals surface area contributed by atoms with E-state index in [1.807, 2.05) is 4.90 Å². The fourth-order valence-corrected chi connectivity index (χ4v) is 2.38. The Balaban J connectivity index is 1.79. The summed E-state index contributed by atoms with van der Waals surface area (Å²) in [6.45, 7) is 8.23. The molecule has 1 heterocycles. The van der Waals surface area contributed by atoms with Crippen molar-refractivity contribution in [1.82, 2.24) is 15.1 Å². The fourth-order valence-electron chi connectivity index (χ4n) is 2.38. The quantitative estimate of drug-likeness (QED) is 0.903. The number of amides is 1. The maximum atomic E-state index is 12.1. The van der Waals surface area contributed by atoms with Crippen LogP contribution in [0.3, 0.4) is 0 Å². The molecular weight excluding hydrogens is 250 g/mol. The summed E-state index contributed by atoms with van der Waals surface area (Å²) in [6, 6.07) is 8.65. The minimum atomic E-state index is 0.201. The highest BCUT2D eigenvalue weighted by Gasteiger charge is 2.19. The third kappa shape index (κ3) is 4.05. The number of nitrogens with zero attached hydrogens (tertiary/aromatic N) is 2. The molecule has 0 unspecified atom stereocenters. The standard InChI is InChI=1S/C16H25N3O/c1-13-4-6-15(7-5-13)14(2)17-12-16(20)19-10-8-18(3)9-11-19/h4-7,14,17H,8-12H2,1-3H3/t14-/m0/s1. The smallest absolute Gasteiger partial charge is 0.236 e. The zero-order chi connectivity index (χ0) is 14.5. The van der Waals surface area contributed by atoms with Gasteiger partial charge in [0.05, 0.1) is 6.54 Å². The van der Waals surface area contributed by atoms with Crippen molar-refractivity contribution in [2.45, 2.75) is 19.9 Å². The molecular formula is C16H25N3O. The number of hydrogen-bond acceptors (Lipinski definition) is 3. The van der Waals surface area contributed by atoms with E-state index in [9.17, 15) is 4.79 Å². The molecule has 20 heavy (non-hydrogen) atoms. The predicted molar refractivity (Wildman–Crippen MR) is 81.7 cm³/mol. The topological polar surface area (TPSA) is 35.6 Å². The van der Waals surface area contributed by atoms with E-state index in [0.717, 1.165) is 26.2 Å². The van der Waals surface area contributed by atoms with Gasteiger partial charge in [0.25, 0.3) is 0 Å². The van der Waals surface area contributed by atoms with Gasteiger partial charge >= 0.3 is 0 Å². The van der Waals surface area contributed by atoms with E-state index in [4.69, 9.17) is 0 Å². The van der Waals surface area contributed by atoms with Crippen LogP contribution in [0.15, 0.2) is 24.3 Å². The van der Waals surface area contributed by atoms with Crippen LogP contribution in [0, 0.1) is 6.92 Å². The Kier molecular flexibility index (Phi) is 5.15. The lowest BCUT2D eigenvalue weighted by Crippen LogP contribution is -2.49. The van der Waals surface area contributed by atoms with E-state index in [-0.39, 0.29) is 11.9 Å².